The molecule has 0 radical (unpaired) electrons. The fourth-order valence-corrected chi connectivity index (χ4v) is 3.53. The molecular weight excluding hydrogens is 286 g/mol. The number of likely N-dealkylation sites (tertiary alicyclic amines) is 1. The minimum Gasteiger partial charge on any atom is -0.481 e. The Morgan fingerprint density at radius 1 is 1.38 bits per heavy atom. The third-order valence-electron chi connectivity index (χ3n) is 4.35. The van der Waals surface area contributed by atoms with Gasteiger partial charge in [0, 0.05) is 24.0 Å². The van der Waals surface area contributed by atoms with Crippen LogP contribution in [0.5, 0.6) is 5.88 Å². The van der Waals surface area contributed by atoms with Crippen LogP contribution in [0, 0.1) is 5.92 Å². The summed E-state index contributed by atoms with van der Waals surface area (Å²) in [7, 11) is 3.75. The van der Waals surface area contributed by atoms with Gasteiger partial charge in [-0.25, -0.2) is 4.98 Å². The van der Waals surface area contributed by atoms with Crippen LogP contribution in [0.3, 0.4) is 0 Å². The Labute approximate surface area is 129 Å². The third-order valence-corrected chi connectivity index (χ3v) is 4.77. The van der Waals surface area contributed by atoms with Crippen LogP contribution in [0.25, 0.3) is 10.9 Å². The normalized spacial score (nSPS) is 22.9. The van der Waals surface area contributed by atoms with Crippen molar-refractivity contribution in [2.75, 3.05) is 27.2 Å². The summed E-state index contributed by atoms with van der Waals surface area (Å²) in [5, 5.41) is 1.76. The first-order valence-corrected chi connectivity index (χ1v) is 7.55. The second-order valence-electron chi connectivity index (χ2n) is 5.68. The third kappa shape index (κ3) is 2.59. The van der Waals surface area contributed by atoms with E-state index in [0.29, 0.717) is 17.8 Å². The molecule has 0 saturated carbocycles. The van der Waals surface area contributed by atoms with Gasteiger partial charge in [0.2, 0.25) is 5.88 Å². The van der Waals surface area contributed by atoms with Crippen LogP contribution in [0.2, 0.25) is 5.02 Å². The second-order valence-corrected chi connectivity index (χ2v) is 6.06. The molecule has 21 heavy (non-hydrogen) atoms. The SMILES string of the molecule is COc1ccc2c(Cl)c(C3CC(CN)CN3C)ccc2n1. The van der Waals surface area contributed by atoms with Crippen LogP contribution in [0.15, 0.2) is 24.3 Å². The van der Waals surface area contributed by atoms with E-state index in [2.05, 4.69) is 23.0 Å². The van der Waals surface area contributed by atoms with Gasteiger partial charge in [0.15, 0.2) is 0 Å². The highest BCUT2D eigenvalue weighted by Gasteiger charge is 2.31. The Kier molecular flexibility index (Phi) is 4.02. The number of nitrogens with two attached hydrogens (primary N) is 1. The van der Waals surface area contributed by atoms with E-state index >= 15 is 0 Å². The van der Waals surface area contributed by atoms with Crippen LogP contribution in [0.4, 0.5) is 0 Å². The van der Waals surface area contributed by atoms with Gasteiger partial charge in [-0.05, 0) is 43.6 Å². The quantitative estimate of drug-likeness (QED) is 0.947. The summed E-state index contributed by atoms with van der Waals surface area (Å²) in [6.07, 6.45) is 1.06. The summed E-state index contributed by atoms with van der Waals surface area (Å²) in [6.45, 7) is 1.75. The van der Waals surface area contributed by atoms with Crippen LogP contribution in [0.1, 0.15) is 18.0 Å². The van der Waals surface area contributed by atoms with Crippen molar-refractivity contribution in [3.8, 4) is 5.88 Å². The zero-order valence-corrected chi connectivity index (χ0v) is 13.1. The van der Waals surface area contributed by atoms with E-state index in [1.54, 1.807) is 7.11 Å². The molecule has 2 unspecified atom stereocenters. The lowest BCUT2D eigenvalue weighted by Crippen LogP contribution is -2.20. The Morgan fingerprint density at radius 3 is 2.86 bits per heavy atom. The summed E-state index contributed by atoms with van der Waals surface area (Å²) >= 11 is 6.63. The molecule has 2 aromatic rings. The highest BCUT2D eigenvalue weighted by molar-refractivity contribution is 6.36. The van der Waals surface area contributed by atoms with Gasteiger partial charge in [-0.2, -0.15) is 0 Å². The van der Waals surface area contributed by atoms with Gasteiger partial charge in [0.05, 0.1) is 17.6 Å². The molecule has 1 aromatic heterocycles. The van der Waals surface area contributed by atoms with E-state index in [-0.39, 0.29) is 0 Å². The van der Waals surface area contributed by atoms with Crippen LogP contribution in [-0.2, 0) is 0 Å². The van der Waals surface area contributed by atoms with E-state index in [9.17, 15) is 0 Å². The molecule has 1 saturated heterocycles. The monoisotopic (exact) mass is 305 g/mol. The zero-order valence-electron chi connectivity index (χ0n) is 12.3. The first kappa shape index (κ1) is 14.6. The predicted molar refractivity (Wildman–Crippen MR) is 85.8 cm³/mol. The molecule has 0 amide bonds. The van der Waals surface area contributed by atoms with Gasteiger partial charge in [0.1, 0.15) is 0 Å². The molecule has 2 N–H and O–H groups in total. The molecule has 2 atom stereocenters. The van der Waals surface area contributed by atoms with Crippen molar-refractivity contribution in [2.45, 2.75) is 12.5 Å². The number of pyridine rings is 1. The first-order chi connectivity index (χ1) is 10.1. The lowest BCUT2D eigenvalue weighted by atomic mass is 9.98. The maximum Gasteiger partial charge on any atom is 0.213 e. The van der Waals surface area contributed by atoms with Gasteiger partial charge in [-0.1, -0.05) is 17.7 Å². The number of halogens is 1. The van der Waals surface area contributed by atoms with Gasteiger partial charge in [-0.3, -0.25) is 4.90 Å². The van der Waals surface area contributed by atoms with E-state index in [1.807, 2.05) is 18.2 Å². The fraction of sp³-hybridized carbons (Fsp3) is 0.438. The molecule has 3 rings (SSSR count). The summed E-state index contributed by atoms with van der Waals surface area (Å²) in [6, 6.07) is 8.25. The Balaban J connectivity index is 2.02. The highest BCUT2D eigenvalue weighted by Crippen LogP contribution is 2.39. The van der Waals surface area contributed by atoms with Crippen molar-refractivity contribution in [1.29, 1.82) is 0 Å². The van der Waals surface area contributed by atoms with Gasteiger partial charge >= 0.3 is 0 Å². The first-order valence-electron chi connectivity index (χ1n) is 7.17. The number of benzene rings is 1. The van der Waals surface area contributed by atoms with Crippen LogP contribution in [-0.4, -0.2) is 37.1 Å². The number of methoxy groups -OCH3 is 1. The van der Waals surface area contributed by atoms with Crippen LogP contribution < -0.4 is 10.5 Å². The molecule has 0 bridgehead atoms. The second kappa shape index (κ2) is 5.79. The molecule has 1 aliphatic heterocycles. The highest BCUT2D eigenvalue weighted by atomic mass is 35.5. The molecule has 0 spiro atoms. The molecule has 4 nitrogen and oxygen atoms in total. The molecule has 0 aliphatic carbocycles. The molecule has 5 heteroatoms. The minimum atomic E-state index is 0.331. The largest absolute Gasteiger partial charge is 0.481 e. The van der Waals surface area contributed by atoms with E-state index < -0.39 is 0 Å². The van der Waals surface area contributed by atoms with Gasteiger partial charge in [0.25, 0.3) is 0 Å². The van der Waals surface area contributed by atoms with E-state index in [1.165, 1.54) is 0 Å². The van der Waals surface area contributed by atoms with Gasteiger partial charge < -0.3 is 10.5 Å². The smallest absolute Gasteiger partial charge is 0.213 e. The molecule has 1 fully saturated rings. The van der Waals surface area contributed by atoms with Gasteiger partial charge in [-0.15, -0.1) is 0 Å². The fourth-order valence-electron chi connectivity index (χ4n) is 3.18. The zero-order chi connectivity index (χ0) is 15.0. The Morgan fingerprint density at radius 2 is 2.19 bits per heavy atom. The topological polar surface area (TPSA) is 51.4 Å². The van der Waals surface area contributed by atoms with Crippen molar-refractivity contribution >= 4 is 22.5 Å². The maximum atomic E-state index is 6.63. The van der Waals surface area contributed by atoms with Crippen molar-refractivity contribution in [3.05, 3.63) is 34.9 Å². The lowest BCUT2D eigenvalue weighted by molar-refractivity contribution is 0.314. The minimum absolute atomic E-state index is 0.331. The van der Waals surface area contributed by atoms with Crippen molar-refractivity contribution in [3.63, 3.8) is 0 Å². The lowest BCUT2D eigenvalue weighted by Gasteiger charge is -2.21. The Bertz CT molecular complexity index is 661. The number of aromatic nitrogens is 1. The molecule has 1 aliphatic rings. The number of nitrogens with zero attached hydrogens (tertiary/aromatic N) is 2. The van der Waals surface area contributed by atoms with Crippen molar-refractivity contribution in [2.24, 2.45) is 11.7 Å². The summed E-state index contributed by atoms with van der Waals surface area (Å²) in [5.74, 6) is 1.15. The molecule has 112 valence electrons. The average Bonchev–Trinajstić information content (AvgIpc) is 2.88. The average molecular weight is 306 g/mol. The Hall–Kier alpha value is -1.36. The number of ether oxygens (including phenoxy) is 1. The number of fused-ring (bicyclic) bond motifs is 1. The maximum absolute atomic E-state index is 6.63. The molecule has 1 aromatic carbocycles. The summed E-state index contributed by atoms with van der Waals surface area (Å²) in [4.78, 5) is 6.77. The number of hydrogen-bond acceptors (Lipinski definition) is 4. The summed E-state index contributed by atoms with van der Waals surface area (Å²) < 4.78 is 5.16. The van der Waals surface area contributed by atoms with E-state index in [0.717, 1.165) is 41.0 Å². The summed E-state index contributed by atoms with van der Waals surface area (Å²) in [5.41, 5.74) is 7.84. The van der Waals surface area contributed by atoms with Crippen molar-refractivity contribution < 1.29 is 4.74 Å². The van der Waals surface area contributed by atoms with Crippen molar-refractivity contribution in [1.82, 2.24) is 9.88 Å². The molecular formula is C16H20ClN3O. The number of hydrogen-bond donors (Lipinski definition) is 1. The van der Waals surface area contributed by atoms with Crippen LogP contribution >= 0.6 is 11.6 Å². The standard InChI is InChI=1S/C16H20ClN3O/c1-20-9-10(8-18)7-14(20)12-3-5-13-11(16(12)17)4-6-15(19-13)21-2/h3-6,10,14H,7-9,18H2,1-2H3. The van der Waals surface area contributed by atoms with E-state index in [4.69, 9.17) is 22.1 Å². The molecule has 2 heterocycles. The predicted octanol–water partition coefficient (Wildman–Crippen LogP) is 2.85. The number of rotatable bonds is 3.